The van der Waals surface area contributed by atoms with Crippen molar-refractivity contribution in [3.05, 3.63) is 64.0 Å². The average Bonchev–Trinajstić information content (AvgIpc) is 2.86. The number of carbonyl (C=O) groups excluding carboxylic acids is 1. The Morgan fingerprint density at radius 2 is 1.86 bits per heavy atom. The molecular weight excluding hydrogens is 365 g/mol. The lowest BCUT2D eigenvalue weighted by Crippen LogP contribution is -2.45. The highest BCUT2D eigenvalue weighted by molar-refractivity contribution is 6.13. The Morgan fingerprint density at radius 1 is 1.14 bits per heavy atom. The zero-order valence-electron chi connectivity index (χ0n) is 15.4. The van der Waals surface area contributed by atoms with Crippen LogP contribution in [0.2, 0.25) is 0 Å². The molecule has 0 unspecified atom stereocenters. The Kier molecular flexibility index (Phi) is 3.65. The number of benzene rings is 2. The predicted molar refractivity (Wildman–Crippen MR) is 101 cm³/mol. The number of aromatic nitrogens is 2. The minimum atomic E-state index is -1.16. The van der Waals surface area contributed by atoms with Gasteiger partial charge in [-0.2, -0.15) is 0 Å². The summed E-state index contributed by atoms with van der Waals surface area (Å²) in [6.45, 7) is 5.22. The molecule has 28 heavy (non-hydrogen) atoms. The highest BCUT2D eigenvalue weighted by Gasteiger charge is 2.32. The van der Waals surface area contributed by atoms with Crippen molar-refractivity contribution in [3.63, 3.8) is 0 Å². The van der Waals surface area contributed by atoms with Crippen molar-refractivity contribution < 1.29 is 19.1 Å². The number of nitrogens with zero attached hydrogens (tertiary/aromatic N) is 3. The van der Waals surface area contributed by atoms with E-state index >= 15 is 0 Å². The number of hydrogen-bond acceptors (Lipinski definition) is 4. The normalized spacial score (nSPS) is 12.8. The number of carboxylic acid groups (broad SMARTS) is 1. The molecule has 0 saturated carbocycles. The van der Waals surface area contributed by atoms with E-state index in [-0.39, 0.29) is 28.0 Å². The molecule has 1 aromatic heterocycles. The maximum atomic E-state index is 13.5. The number of amides is 1. The molecule has 0 saturated heterocycles. The fourth-order valence-electron chi connectivity index (χ4n) is 3.48. The van der Waals surface area contributed by atoms with E-state index in [1.54, 1.807) is 20.8 Å². The van der Waals surface area contributed by atoms with Crippen molar-refractivity contribution in [1.82, 2.24) is 9.55 Å². The number of anilines is 1. The Bertz CT molecular complexity index is 1240. The summed E-state index contributed by atoms with van der Waals surface area (Å²) >= 11 is 0. The molecule has 1 amide bonds. The van der Waals surface area contributed by atoms with Gasteiger partial charge in [0.25, 0.3) is 5.56 Å². The fraction of sp³-hybridized carbons (Fsp3) is 0.200. The molecule has 8 heteroatoms. The summed E-state index contributed by atoms with van der Waals surface area (Å²) in [5.41, 5.74) is -0.338. The van der Waals surface area contributed by atoms with Crippen molar-refractivity contribution in [1.29, 1.82) is 0 Å². The molecule has 0 radical (unpaired) electrons. The monoisotopic (exact) mass is 381 g/mol. The summed E-state index contributed by atoms with van der Waals surface area (Å²) < 4.78 is 14.7. The largest absolute Gasteiger partial charge is 0.465 e. The van der Waals surface area contributed by atoms with Crippen molar-refractivity contribution in [2.75, 3.05) is 4.90 Å². The Hall–Kier alpha value is -3.55. The van der Waals surface area contributed by atoms with Gasteiger partial charge in [0, 0.05) is 11.2 Å². The van der Waals surface area contributed by atoms with Gasteiger partial charge in [-0.3, -0.25) is 19.1 Å². The zero-order chi connectivity index (χ0) is 20.4. The summed E-state index contributed by atoms with van der Waals surface area (Å²) in [6.07, 6.45) is -1.16. The second-order valence-electron chi connectivity index (χ2n) is 7.56. The third-order valence-electron chi connectivity index (χ3n) is 4.62. The smallest absolute Gasteiger partial charge is 0.412 e. The maximum Gasteiger partial charge on any atom is 0.412 e. The minimum Gasteiger partial charge on any atom is -0.465 e. The molecule has 7 nitrogen and oxygen atoms in total. The van der Waals surface area contributed by atoms with Crippen LogP contribution in [0.3, 0.4) is 0 Å². The number of halogens is 1. The molecular formula is C20H16FN3O4. The highest BCUT2D eigenvalue weighted by Crippen LogP contribution is 2.30. The summed E-state index contributed by atoms with van der Waals surface area (Å²) in [4.78, 5) is 42.8. The Labute approximate surface area is 158 Å². The van der Waals surface area contributed by atoms with Gasteiger partial charge in [0.15, 0.2) is 5.82 Å². The van der Waals surface area contributed by atoms with Crippen LogP contribution in [0.15, 0.2) is 41.2 Å². The van der Waals surface area contributed by atoms with Crippen molar-refractivity contribution in [2.45, 2.75) is 26.3 Å². The van der Waals surface area contributed by atoms with Gasteiger partial charge in [0.05, 0.1) is 22.2 Å². The van der Waals surface area contributed by atoms with E-state index in [2.05, 4.69) is 4.98 Å². The van der Waals surface area contributed by atoms with Crippen LogP contribution in [0, 0.1) is 5.82 Å². The Morgan fingerprint density at radius 3 is 2.50 bits per heavy atom. The standard InChI is InChI=1S/C20H16FN3O4/c1-20(2,3)24(19(27)28)11-5-6-14-12(9-11)18(26)23-15-7-4-10(21)8-13(15)16(25)17(23)22-14/h4-9H,1-3H3,(H,27,28). The van der Waals surface area contributed by atoms with Gasteiger partial charge in [-0.05, 0) is 57.2 Å². The lowest BCUT2D eigenvalue weighted by atomic mass is 10.0. The molecule has 0 aliphatic carbocycles. The van der Waals surface area contributed by atoms with E-state index < -0.39 is 28.8 Å². The molecule has 1 N–H and O–H groups in total. The van der Waals surface area contributed by atoms with Crippen LogP contribution in [0.4, 0.5) is 14.9 Å². The van der Waals surface area contributed by atoms with Gasteiger partial charge >= 0.3 is 6.09 Å². The first-order valence-corrected chi connectivity index (χ1v) is 8.54. The molecule has 1 aliphatic rings. The highest BCUT2D eigenvalue weighted by atomic mass is 19.1. The molecule has 0 atom stereocenters. The van der Waals surface area contributed by atoms with E-state index in [1.165, 1.54) is 30.3 Å². The van der Waals surface area contributed by atoms with Crippen LogP contribution < -0.4 is 10.5 Å². The fourth-order valence-corrected chi connectivity index (χ4v) is 3.48. The van der Waals surface area contributed by atoms with E-state index in [0.29, 0.717) is 5.69 Å². The summed E-state index contributed by atoms with van der Waals surface area (Å²) in [6, 6.07) is 8.09. The molecule has 2 aromatic carbocycles. The number of fused-ring (bicyclic) bond motifs is 4. The van der Waals surface area contributed by atoms with Crippen LogP contribution in [0.5, 0.6) is 0 Å². The summed E-state index contributed by atoms with van der Waals surface area (Å²) in [5.74, 6) is -1.20. The first-order valence-electron chi connectivity index (χ1n) is 8.54. The second-order valence-corrected chi connectivity index (χ2v) is 7.56. The van der Waals surface area contributed by atoms with Crippen molar-refractivity contribution in [3.8, 4) is 5.69 Å². The number of carbonyl (C=O) groups is 2. The predicted octanol–water partition coefficient (Wildman–Crippen LogP) is 3.35. The van der Waals surface area contributed by atoms with Crippen LogP contribution in [0.1, 0.15) is 37.0 Å². The molecule has 4 rings (SSSR count). The molecule has 0 bridgehead atoms. The molecule has 2 heterocycles. The third kappa shape index (κ3) is 2.49. The molecule has 0 spiro atoms. The van der Waals surface area contributed by atoms with Gasteiger partial charge in [0.1, 0.15) is 5.82 Å². The number of ketones is 1. The van der Waals surface area contributed by atoms with Crippen LogP contribution in [-0.4, -0.2) is 32.1 Å². The molecule has 142 valence electrons. The number of hydrogen-bond donors (Lipinski definition) is 1. The van der Waals surface area contributed by atoms with Gasteiger partial charge in [-0.15, -0.1) is 0 Å². The summed E-state index contributed by atoms with van der Waals surface area (Å²) in [5, 5.41) is 9.76. The van der Waals surface area contributed by atoms with Gasteiger partial charge in [0.2, 0.25) is 5.78 Å². The lowest BCUT2D eigenvalue weighted by Gasteiger charge is -2.33. The van der Waals surface area contributed by atoms with Gasteiger partial charge in [-0.1, -0.05) is 0 Å². The van der Waals surface area contributed by atoms with Crippen molar-refractivity contribution in [2.24, 2.45) is 0 Å². The molecule has 3 aromatic rings. The third-order valence-corrected chi connectivity index (χ3v) is 4.62. The van der Waals surface area contributed by atoms with Crippen LogP contribution in [0.25, 0.3) is 16.6 Å². The molecule has 0 fully saturated rings. The quantitative estimate of drug-likeness (QED) is 0.546. The SMILES string of the molecule is CC(C)(C)N(C(=O)O)c1ccc2nc3n(c(=O)c2c1)-c1ccc(F)cc1C3=O. The van der Waals surface area contributed by atoms with Gasteiger partial charge < -0.3 is 5.11 Å². The topological polar surface area (TPSA) is 92.5 Å². The Balaban J connectivity index is 2.00. The van der Waals surface area contributed by atoms with Crippen LogP contribution >= 0.6 is 0 Å². The maximum absolute atomic E-state index is 13.5. The van der Waals surface area contributed by atoms with E-state index in [0.717, 1.165) is 15.5 Å². The van der Waals surface area contributed by atoms with E-state index in [4.69, 9.17) is 0 Å². The van der Waals surface area contributed by atoms with Crippen molar-refractivity contribution >= 4 is 28.5 Å². The lowest BCUT2D eigenvalue weighted by molar-refractivity contribution is 0.103. The summed E-state index contributed by atoms with van der Waals surface area (Å²) in [7, 11) is 0. The first kappa shape index (κ1) is 17.8. The average molecular weight is 381 g/mol. The van der Waals surface area contributed by atoms with E-state index in [1.807, 2.05) is 0 Å². The van der Waals surface area contributed by atoms with E-state index in [9.17, 15) is 23.9 Å². The minimum absolute atomic E-state index is 0.0713. The number of rotatable bonds is 1. The first-order chi connectivity index (χ1) is 13.1. The zero-order valence-corrected chi connectivity index (χ0v) is 15.4. The molecule has 1 aliphatic heterocycles. The second kappa shape index (κ2) is 5.72. The van der Waals surface area contributed by atoms with Gasteiger partial charge in [-0.25, -0.2) is 14.2 Å². The van der Waals surface area contributed by atoms with Crippen LogP contribution in [-0.2, 0) is 0 Å².